The Bertz CT molecular complexity index is 993. The first-order chi connectivity index (χ1) is 12.7. The van der Waals surface area contributed by atoms with Crippen molar-refractivity contribution in [3.8, 4) is 11.8 Å². The van der Waals surface area contributed by atoms with E-state index in [0.717, 1.165) is 30.0 Å². The Kier molecular flexibility index (Phi) is 4.20. The van der Waals surface area contributed by atoms with Gasteiger partial charge in [0, 0.05) is 5.56 Å². The van der Waals surface area contributed by atoms with E-state index >= 15 is 0 Å². The van der Waals surface area contributed by atoms with Crippen LogP contribution in [-0.4, -0.2) is 33.2 Å². The van der Waals surface area contributed by atoms with E-state index in [1.54, 1.807) is 7.11 Å². The van der Waals surface area contributed by atoms with Crippen molar-refractivity contribution in [2.75, 3.05) is 19.5 Å². The number of imidazole rings is 1. The molecule has 0 fully saturated rings. The number of nitrogens with zero attached hydrogens (tertiary/aromatic N) is 4. The van der Waals surface area contributed by atoms with Gasteiger partial charge in [-0.3, -0.25) is 0 Å². The standard InChI is InChI=1S/C19H21N5O2/c1-12-21-16-17(20)22-19-23-18(16)24(12)11-14-10-13(7-8-15(14)25-2)6-4-3-5-9-26-19/h3-4,7-8,10H,5-6,9,11H2,1-2H3,(H2,20,22,23)/b4-3-. The van der Waals surface area contributed by atoms with Crippen molar-refractivity contribution >= 4 is 17.0 Å². The molecule has 3 heterocycles. The zero-order valence-corrected chi connectivity index (χ0v) is 14.9. The topological polar surface area (TPSA) is 88.1 Å². The predicted octanol–water partition coefficient (Wildman–Crippen LogP) is 2.66. The Labute approximate surface area is 151 Å². The van der Waals surface area contributed by atoms with Crippen molar-refractivity contribution in [1.29, 1.82) is 0 Å². The maximum Gasteiger partial charge on any atom is 0.320 e. The number of aromatic nitrogens is 4. The number of methoxy groups -OCH3 is 1. The minimum absolute atomic E-state index is 0.280. The highest BCUT2D eigenvalue weighted by Crippen LogP contribution is 2.26. The van der Waals surface area contributed by atoms with Crippen LogP contribution >= 0.6 is 0 Å². The number of rotatable bonds is 1. The van der Waals surface area contributed by atoms with Gasteiger partial charge in [-0.05, 0) is 37.5 Å². The number of hydrogen-bond donors (Lipinski definition) is 1. The summed E-state index contributed by atoms with van der Waals surface area (Å²) in [5.41, 5.74) is 9.64. The van der Waals surface area contributed by atoms with Gasteiger partial charge in [-0.25, -0.2) is 4.98 Å². The van der Waals surface area contributed by atoms with Crippen LogP contribution in [0, 0.1) is 6.92 Å². The van der Waals surface area contributed by atoms with Crippen LogP contribution in [-0.2, 0) is 13.0 Å². The molecular weight excluding hydrogens is 330 g/mol. The highest BCUT2D eigenvalue weighted by Gasteiger charge is 2.17. The molecule has 7 heteroatoms. The van der Waals surface area contributed by atoms with Gasteiger partial charge in [-0.15, -0.1) is 0 Å². The lowest BCUT2D eigenvalue weighted by Crippen LogP contribution is -2.08. The smallest absolute Gasteiger partial charge is 0.320 e. The quantitative estimate of drug-likeness (QED) is 0.678. The summed E-state index contributed by atoms with van der Waals surface area (Å²) in [6, 6.07) is 6.55. The number of benzene rings is 1. The molecule has 3 aromatic rings. The first-order valence-corrected chi connectivity index (χ1v) is 8.59. The molecule has 0 amide bonds. The zero-order valence-electron chi connectivity index (χ0n) is 14.9. The monoisotopic (exact) mass is 351 g/mol. The molecule has 4 rings (SSSR count). The SMILES string of the molecule is COc1ccc2cc1Cn1c(C)nc3c(N)nc(nc31)OCC/C=C\C2. The molecule has 0 spiro atoms. The first-order valence-electron chi connectivity index (χ1n) is 8.59. The summed E-state index contributed by atoms with van der Waals surface area (Å²) in [7, 11) is 1.68. The summed E-state index contributed by atoms with van der Waals surface area (Å²) in [5, 5.41) is 0. The minimum atomic E-state index is 0.280. The Balaban J connectivity index is 1.90. The number of fused-ring (bicyclic) bond motifs is 3. The summed E-state index contributed by atoms with van der Waals surface area (Å²) in [6.45, 7) is 3.02. The molecule has 4 bridgehead atoms. The van der Waals surface area contributed by atoms with Crippen LogP contribution in [0.2, 0.25) is 0 Å². The second-order valence-electron chi connectivity index (χ2n) is 6.27. The van der Waals surface area contributed by atoms with Crippen LogP contribution in [0.3, 0.4) is 0 Å². The molecule has 0 saturated heterocycles. The third-order valence-corrected chi connectivity index (χ3v) is 4.50. The van der Waals surface area contributed by atoms with Crippen LogP contribution in [0.4, 0.5) is 5.82 Å². The molecule has 0 saturated carbocycles. The number of allylic oxidation sites excluding steroid dienone is 1. The molecule has 1 aliphatic heterocycles. The van der Waals surface area contributed by atoms with E-state index in [-0.39, 0.29) is 6.01 Å². The lowest BCUT2D eigenvalue weighted by Gasteiger charge is -2.13. The highest BCUT2D eigenvalue weighted by atomic mass is 16.5. The first kappa shape index (κ1) is 16.4. The van der Waals surface area contributed by atoms with Crippen molar-refractivity contribution in [3.05, 3.63) is 47.3 Å². The molecule has 134 valence electrons. The summed E-state index contributed by atoms with van der Waals surface area (Å²) >= 11 is 0. The van der Waals surface area contributed by atoms with Gasteiger partial charge < -0.3 is 19.8 Å². The Morgan fingerprint density at radius 1 is 1.19 bits per heavy atom. The van der Waals surface area contributed by atoms with Crippen molar-refractivity contribution in [2.24, 2.45) is 0 Å². The molecule has 2 aromatic heterocycles. The van der Waals surface area contributed by atoms with Crippen LogP contribution < -0.4 is 15.2 Å². The van der Waals surface area contributed by atoms with E-state index in [1.807, 2.05) is 17.6 Å². The molecule has 0 unspecified atom stereocenters. The molecule has 0 atom stereocenters. The summed E-state index contributed by atoms with van der Waals surface area (Å²) in [4.78, 5) is 13.3. The van der Waals surface area contributed by atoms with Crippen LogP contribution in [0.5, 0.6) is 11.8 Å². The van der Waals surface area contributed by atoms with Crippen LogP contribution in [0.25, 0.3) is 11.2 Å². The molecule has 0 radical (unpaired) electrons. The van der Waals surface area contributed by atoms with Crippen molar-refractivity contribution in [1.82, 2.24) is 19.5 Å². The van der Waals surface area contributed by atoms with E-state index in [0.29, 0.717) is 30.1 Å². The molecule has 7 nitrogen and oxygen atoms in total. The van der Waals surface area contributed by atoms with Gasteiger partial charge in [-0.1, -0.05) is 18.2 Å². The third kappa shape index (κ3) is 2.96. The van der Waals surface area contributed by atoms with E-state index in [9.17, 15) is 0 Å². The number of nitrogen functional groups attached to an aromatic ring is 1. The molecule has 0 aliphatic carbocycles. The molecule has 26 heavy (non-hydrogen) atoms. The third-order valence-electron chi connectivity index (χ3n) is 4.50. The van der Waals surface area contributed by atoms with E-state index in [2.05, 4.69) is 39.2 Å². The zero-order chi connectivity index (χ0) is 18.1. The highest BCUT2D eigenvalue weighted by molar-refractivity contribution is 5.82. The van der Waals surface area contributed by atoms with Crippen molar-refractivity contribution in [3.63, 3.8) is 0 Å². The van der Waals surface area contributed by atoms with Crippen molar-refractivity contribution < 1.29 is 9.47 Å². The number of nitrogens with two attached hydrogens (primary N) is 1. The summed E-state index contributed by atoms with van der Waals surface area (Å²) < 4.78 is 13.2. The average molecular weight is 351 g/mol. The van der Waals surface area contributed by atoms with E-state index in [1.165, 1.54) is 5.56 Å². The Hall–Kier alpha value is -3.09. The van der Waals surface area contributed by atoms with Gasteiger partial charge in [0.15, 0.2) is 17.0 Å². The van der Waals surface area contributed by atoms with Crippen LogP contribution in [0.15, 0.2) is 30.4 Å². The van der Waals surface area contributed by atoms with Gasteiger partial charge in [0.1, 0.15) is 11.6 Å². The van der Waals surface area contributed by atoms with Gasteiger partial charge in [0.25, 0.3) is 0 Å². The summed E-state index contributed by atoms with van der Waals surface area (Å²) in [6.07, 6.45) is 5.89. The Morgan fingerprint density at radius 3 is 2.92 bits per heavy atom. The molecule has 2 N–H and O–H groups in total. The van der Waals surface area contributed by atoms with Gasteiger partial charge in [-0.2, -0.15) is 9.97 Å². The summed E-state index contributed by atoms with van der Waals surface area (Å²) in [5.74, 6) is 1.98. The maximum absolute atomic E-state index is 6.08. The normalized spacial score (nSPS) is 15.5. The second-order valence-corrected chi connectivity index (χ2v) is 6.27. The fourth-order valence-electron chi connectivity index (χ4n) is 3.17. The molecule has 1 aliphatic rings. The van der Waals surface area contributed by atoms with Gasteiger partial charge >= 0.3 is 6.01 Å². The second kappa shape index (κ2) is 6.67. The molecular formula is C19H21N5O2. The van der Waals surface area contributed by atoms with Gasteiger partial charge in [0.05, 0.1) is 20.3 Å². The largest absolute Gasteiger partial charge is 0.496 e. The predicted molar refractivity (Wildman–Crippen MR) is 99.5 cm³/mol. The lowest BCUT2D eigenvalue weighted by atomic mass is 10.1. The maximum atomic E-state index is 6.08. The number of ether oxygens (including phenoxy) is 2. The van der Waals surface area contributed by atoms with E-state index < -0.39 is 0 Å². The number of aryl methyl sites for hydroxylation is 1. The van der Waals surface area contributed by atoms with Gasteiger partial charge in [0.2, 0.25) is 0 Å². The fourth-order valence-corrected chi connectivity index (χ4v) is 3.17. The van der Waals surface area contributed by atoms with E-state index in [4.69, 9.17) is 15.2 Å². The Morgan fingerprint density at radius 2 is 2.08 bits per heavy atom. The number of hydrogen-bond acceptors (Lipinski definition) is 6. The lowest BCUT2D eigenvalue weighted by molar-refractivity contribution is 0.300. The van der Waals surface area contributed by atoms with Crippen molar-refractivity contribution in [2.45, 2.75) is 26.3 Å². The minimum Gasteiger partial charge on any atom is -0.496 e. The molecule has 1 aromatic carbocycles. The fraction of sp³-hybridized carbons (Fsp3) is 0.316. The number of anilines is 1. The van der Waals surface area contributed by atoms with Crippen LogP contribution in [0.1, 0.15) is 23.4 Å². The average Bonchev–Trinajstić information content (AvgIpc) is 2.94.